The fraction of sp³-hybridized carbons (Fsp3) is 0.789. The molecule has 0 spiro atoms. The molecule has 2 saturated carbocycles. The van der Waals surface area contributed by atoms with E-state index in [1.807, 2.05) is 57.2 Å². The number of nitrogens with zero attached hydrogens (tertiary/aromatic N) is 4. The van der Waals surface area contributed by atoms with Gasteiger partial charge in [0, 0.05) is 109 Å². The molecule has 4 atom stereocenters. The number of piperidine rings is 1. The lowest BCUT2D eigenvalue weighted by atomic mass is 9.76. The quantitative estimate of drug-likeness (QED) is 0.0360. The Balaban J connectivity index is -0.00000145. The first-order chi connectivity index (χ1) is 65.6. The zero-order valence-corrected chi connectivity index (χ0v) is 96.0. The Hall–Kier alpha value is -5.03. The van der Waals surface area contributed by atoms with Crippen LogP contribution in [0.1, 0.15) is 390 Å². The average molecular weight is 1940 g/mol. The van der Waals surface area contributed by atoms with Crippen LogP contribution < -0.4 is 9.80 Å². The van der Waals surface area contributed by atoms with Crippen LogP contribution in [0.5, 0.6) is 0 Å². The van der Waals surface area contributed by atoms with E-state index in [0.717, 1.165) is 149 Å². The lowest BCUT2D eigenvalue weighted by Crippen LogP contribution is -2.46. The van der Waals surface area contributed by atoms with Crippen molar-refractivity contribution >= 4 is 23.5 Å². The second-order valence-electron chi connectivity index (χ2n) is 45.3. The van der Waals surface area contributed by atoms with Crippen molar-refractivity contribution < 1.29 is 53.4 Å². The predicted octanol–water partition coefficient (Wildman–Crippen LogP) is 30.8. The molecule has 4 aromatic rings. The maximum absolute atomic E-state index is 11.2. The average Bonchev–Trinajstić information content (AvgIpc) is 1.66. The van der Waals surface area contributed by atoms with E-state index in [1.54, 1.807) is 13.2 Å². The van der Waals surface area contributed by atoms with Crippen molar-refractivity contribution in [3.63, 3.8) is 0 Å². The first kappa shape index (κ1) is 137. The first-order valence-corrected chi connectivity index (χ1v) is 56.0. The van der Waals surface area contributed by atoms with Crippen molar-refractivity contribution in [3.8, 4) is 0 Å². The third-order valence-corrected chi connectivity index (χ3v) is 28.0. The molecule has 0 bridgehead atoms. The van der Waals surface area contributed by atoms with Gasteiger partial charge in [-0.15, -0.1) is 0 Å². The highest BCUT2D eigenvalue weighted by Crippen LogP contribution is 2.34. The van der Waals surface area contributed by atoms with Gasteiger partial charge in [0.05, 0.1) is 51.3 Å². The number of methoxy groups -OCH3 is 2. The van der Waals surface area contributed by atoms with Crippen LogP contribution in [0.2, 0.25) is 0 Å². The van der Waals surface area contributed by atoms with Gasteiger partial charge in [-0.05, 0) is 279 Å². The molecule has 4 aliphatic heterocycles. The van der Waals surface area contributed by atoms with Crippen LogP contribution >= 0.6 is 0 Å². The van der Waals surface area contributed by atoms with Crippen LogP contribution in [0.4, 0.5) is 11.4 Å². The summed E-state index contributed by atoms with van der Waals surface area (Å²) >= 11 is 0. The number of esters is 1. The van der Waals surface area contributed by atoms with Gasteiger partial charge in [0.25, 0.3) is 0 Å². The van der Waals surface area contributed by atoms with E-state index in [9.17, 15) is 4.79 Å². The van der Waals surface area contributed by atoms with Gasteiger partial charge in [-0.1, -0.05) is 335 Å². The third kappa shape index (κ3) is 76.6. The second kappa shape index (κ2) is 88.5. The molecule has 4 unspecified atom stereocenters. The van der Waals surface area contributed by atoms with Crippen LogP contribution in [0.25, 0.3) is 0 Å². The Kier molecular flexibility index (Phi) is 87.9. The van der Waals surface area contributed by atoms with Gasteiger partial charge in [-0.25, -0.2) is 4.79 Å². The number of hydrogen-bond donors (Lipinski definition) is 3. The molecule has 2 aliphatic carbocycles. The van der Waals surface area contributed by atoms with Gasteiger partial charge >= 0.3 is 12.1 Å². The molecule has 4 aromatic carbocycles. The summed E-state index contributed by atoms with van der Waals surface area (Å²) in [6.45, 7) is 82.5. The Morgan fingerprint density at radius 2 is 0.884 bits per heavy atom. The summed E-state index contributed by atoms with van der Waals surface area (Å²) in [4.78, 5) is 37.6. The fourth-order valence-electron chi connectivity index (χ4n) is 17.9. The number of carbonyl (C=O) groups excluding carboxylic acids is 3. The van der Waals surface area contributed by atoms with Crippen LogP contribution in [0.15, 0.2) is 115 Å². The molecule has 138 heavy (non-hydrogen) atoms. The summed E-state index contributed by atoms with van der Waals surface area (Å²) < 4.78 is 25.6. The van der Waals surface area contributed by atoms with Gasteiger partial charge in [-0.2, -0.15) is 9.59 Å². The number of aliphatic hydroxyl groups excluding tert-OH is 3. The third-order valence-electron chi connectivity index (χ3n) is 28.0. The molecule has 3 N–H and O–H groups in total. The molecule has 0 amide bonds. The second-order valence-corrected chi connectivity index (χ2v) is 45.3. The summed E-state index contributed by atoms with van der Waals surface area (Å²) in [7, 11) is 3.16. The number of carbonyl (C=O) groups is 1. The molecular formula is C123H226N4O11. The number of ether oxygens (including phenoxy) is 5. The minimum absolute atomic E-state index is 0.0810. The van der Waals surface area contributed by atoms with E-state index in [1.165, 1.54) is 223 Å². The van der Waals surface area contributed by atoms with Gasteiger partial charge in [0.2, 0.25) is 0 Å². The monoisotopic (exact) mass is 1940 g/mol. The molecule has 10 rings (SSSR count). The lowest BCUT2D eigenvalue weighted by molar-refractivity contribution is -0.191. The Bertz CT molecular complexity index is 3180. The molecule has 15 nitrogen and oxygen atoms in total. The number of benzene rings is 4. The number of piperazine rings is 1. The van der Waals surface area contributed by atoms with Crippen molar-refractivity contribution in [3.05, 3.63) is 132 Å². The summed E-state index contributed by atoms with van der Waals surface area (Å²) in [5, 5.41) is 27.1. The highest BCUT2D eigenvalue weighted by atomic mass is 16.5. The van der Waals surface area contributed by atoms with E-state index in [2.05, 4.69) is 284 Å². The Labute approximate surface area is 854 Å². The molecule has 4 heterocycles. The first-order valence-electron chi connectivity index (χ1n) is 56.0. The molecular weight excluding hydrogens is 1710 g/mol. The number of rotatable bonds is 39. The normalized spacial score (nSPS) is 16.3. The van der Waals surface area contributed by atoms with Crippen LogP contribution in [0.3, 0.4) is 0 Å². The topological polar surface area (TPSA) is 171 Å². The number of anilines is 2. The number of para-hydroxylation sites is 2. The van der Waals surface area contributed by atoms with Gasteiger partial charge in [-0.3, -0.25) is 9.80 Å². The molecule has 6 fully saturated rings. The number of aliphatic hydroxyl groups is 3. The van der Waals surface area contributed by atoms with E-state index in [4.69, 9.17) is 43.9 Å². The largest absolute Gasteiger partial charge is 0.465 e. The van der Waals surface area contributed by atoms with Crippen molar-refractivity contribution in [2.75, 3.05) is 136 Å². The smallest absolute Gasteiger partial charge is 0.373 e. The molecule has 4 saturated heterocycles. The van der Waals surface area contributed by atoms with Crippen LogP contribution in [0, 0.1) is 106 Å². The highest BCUT2D eigenvalue weighted by Gasteiger charge is 2.30. The van der Waals surface area contributed by atoms with Crippen molar-refractivity contribution in [2.45, 2.75) is 399 Å². The fourth-order valence-corrected chi connectivity index (χ4v) is 17.9. The summed E-state index contributed by atoms with van der Waals surface area (Å²) in [5.74, 6) is 13.5. The Morgan fingerprint density at radius 3 is 1.23 bits per heavy atom. The minimum atomic E-state index is -0.268. The summed E-state index contributed by atoms with van der Waals surface area (Å²) in [5.41, 5.74) is 5.64. The maximum atomic E-state index is 11.2. The van der Waals surface area contributed by atoms with Crippen LogP contribution in [-0.2, 0) is 46.1 Å². The number of morpholine rings is 1. The number of hydrogen-bond acceptors (Lipinski definition) is 15. The molecule has 804 valence electrons. The van der Waals surface area contributed by atoms with Crippen LogP contribution in [-0.4, -0.2) is 181 Å². The molecule has 15 heteroatoms. The Morgan fingerprint density at radius 1 is 0.442 bits per heavy atom. The van der Waals surface area contributed by atoms with Gasteiger partial charge in [0.15, 0.2) is 0 Å². The lowest BCUT2D eigenvalue weighted by Gasteiger charge is -2.36. The zero-order chi connectivity index (χ0) is 105. The van der Waals surface area contributed by atoms with Crippen molar-refractivity contribution in [2.24, 2.45) is 106 Å². The van der Waals surface area contributed by atoms with E-state index in [-0.39, 0.29) is 37.4 Å². The van der Waals surface area contributed by atoms with E-state index in [0.29, 0.717) is 47.5 Å². The highest BCUT2D eigenvalue weighted by molar-refractivity contribution is 5.89. The van der Waals surface area contributed by atoms with Crippen molar-refractivity contribution in [1.82, 2.24) is 9.80 Å². The molecule has 0 radical (unpaired) electrons. The summed E-state index contributed by atoms with van der Waals surface area (Å²) in [6, 6.07) is 40.3. The molecule has 0 aromatic heterocycles. The van der Waals surface area contributed by atoms with E-state index < -0.39 is 0 Å². The SMILES string of the molecule is CC(C)C(CO)Cc1ccccc1.CC(C)CC1CCC1.CC(C)CC1CCCC1.CC(C)CC1CCOCC1.CC(C)CCCC1CCN(c2ccccc2)CC1.CC(C)CCCN1CCN(c2ccccc2)CC1.CC(C)N1CCOCC1.CCC(C)C(C)C.CCC(CO)(CO)C(C)C.CCOC(C)CCCC(C)C.COC(=O)c1cccc(CC(C)C)c1.COC(C)CC(C)C.O=C=O. The maximum Gasteiger partial charge on any atom is 0.373 e. The molecule has 6 aliphatic rings. The van der Waals surface area contributed by atoms with Gasteiger partial charge < -0.3 is 48.8 Å². The zero-order valence-electron chi connectivity index (χ0n) is 96.0. The standard InChI is InChI=1S/C17H27N.C16H26N2.C12H16O2.C12H18O.C10H22O.C9H18O.C9H18.C8H18O2.C8H16.C7H15NO.C7H16O.C7H16.CO2/c1-15(2)7-6-8-16-11-13-18(14-12-16)17-9-4-3-5-10-17;1-15(2)7-6-10-17-11-13-18(14-12-17)16-8-4-3-5-9-16;1-9(2)7-10-5-4-6-11(8-10)12(13)14-3;1-10(2)12(9-13)8-11-6-4-3-5-7-11;1-5-11-10(4)8-6-7-9(2)3;1-8(2)7-9-3-5-10-6-4-9;1-8(2)7-9-5-3-4-6-9;1-4-8(5-9,6-10)7(2)3;1-7(2)6-8-4-3-5-8;1-7(2)8-3-5-9-6-4-8;1-6(2)5-7(3)8-4;1-5-7(4)6(2)3;2-1-3/h3-5,9-10,15-16H,6-8,11-14H2,1-2H3;3-5,8-9,15H,6-7,10-14H2,1-2H3;4-6,8-9H,7H2,1-3H3;3-7,10,12-13H,8-9H2,1-2H3;9-10H,5-8H2,1-4H3;8-9H,3-7H2,1-2H3;8-9H,3-7H2,1-2H3;7,9-10H,4-6H2,1-3H3;7-8H,3-6H2,1-2H3;7H,3-6H2,1-2H3;6-7H,5H2,1-4H3;6-7H,5H2,1-4H3;. The van der Waals surface area contributed by atoms with Crippen molar-refractivity contribution in [1.29, 1.82) is 0 Å². The van der Waals surface area contributed by atoms with Gasteiger partial charge in [0.1, 0.15) is 0 Å². The summed E-state index contributed by atoms with van der Waals surface area (Å²) in [6.07, 6.45) is 37.5. The minimum Gasteiger partial charge on any atom is -0.465 e. The predicted molar refractivity (Wildman–Crippen MR) is 597 cm³/mol. The van der Waals surface area contributed by atoms with E-state index >= 15 is 0 Å².